The SMILES string of the molecule is [CH]NCCCN1CCCC1. The maximum absolute atomic E-state index is 5.14. The maximum Gasteiger partial charge on any atom is 0.0407 e. The second-order valence-electron chi connectivity index (χ2n) is 2.86. The minimum atomic E-state index is 0.941. The van der Waals surface area contributed by atoms with Crippen molar-refractivity contribution in [3.05, 3.63) is 7.05 Å². The third-order valence-electron chi connectivity index (χ3n) is 1.99. The van der Waals surface area contributed by atoms with Crippen molar-refractivity contribution in [3.63, 3.8) is 0 Å². The minimum Gasteiger partial charge on any atom is -0.311 e. The topological polar surface area (TPSA) is 15.3 Å². The van der Waals surface area contributed by atoms with Crippen LogP contribution < -0.4 is 5.32 Å². The summed E-state index contributed by atoms with van der Waals surface area (Å²) in [5, 5.41) is 2.66. The molecule has 1 fully saturated rings. The Bertz CT molecular complexity index is 77.3. The van der Waals surface area contributed by atoms with E-state index in [0.29, 0.717) is 0 Å². The van der Waals surface area contributed by atoms with Gasteiger partial charge in [-0.1, -0.05) is 0 Å². The monoisotopic (exact) mass is 140 g/mol. The van der Waals surface area contributed by atoms with E-state index in [1.54, 1.807) is 0 Å². The third kappa shape index (κ3) is 2.67. The fourth-order valence-electron chi connectivity index (χ4n) is 1.41. The molecule has 2 nitrogen and oxygen atoms in total. The molecule has 1 aliphatic heterocycles. The molecule has 10 heavy (non-hydrogen) atoms. The Morgan fingerprint density at radius 3 is 2.60 bits per heavy atom. The highest BCUT2D eigenvalue weighted by Crippen LogP contribution is 2.06. The van der Waals surface area contributed by atoms with Crippen LogP contribution in [-0.2, 0) is 0 Å². The van der Waals surface area contributed by atoms with Crippen LogP contribution >= 0.6 is 0 Å². The van der Waals surface area contributed by atoms with Gasteiger partial charge in [-0.05, 0) is 45.4 Å². The molecule has 1 saturated heterocycles. The van der Waals surface area contributed by atoms with Crippen LogP contribution in [0.3, 0.4) is 0 Å². The van der Waals surface area contributed by atoms with Gasteiger partial charge in [0.05, 0.1) is 0 Å². The second-order valence-corrected chi connectivity index (χ2v) is 2.86. The molecule has 2 radical (unpaired) electrons. The molecule has 58 valence electrons. The zero-order chi connectivity index (χ0) is 7.23. The van der Waals surface area contributed by atoms with Crippen molar-refractivity contribution < 1.29 is 0 Å². The predicted molar refractivity (Wildman–Crippen MR) is 42.6 cm³/mol. The van der Waals surface area contributed by atoms with Crippen LogP contribution in [0.15, 0.2) is 0 Å². The van der Waals surface area contributed by atoms with Crippen molar-refractivity contribution >= 4 is 0 Å². The number of likely N-dealkylation sites (tertiary alicyclic amines) is 1. The summed E-state index contributed by atoms with van der Waals surface area (Å²) in [7, 11) is 5.14. The van der Waals surface area contributed by atoms with Crippen LogP contribution in [-0.4, -0.2) is 31.1 Å². The van der Waals surface area contributed by atoms with E-state index in [1.807, 2.05) is 0 Å². The molecule has 1 rings (SSSR count). The Hall–Kier alpha value is -0.0800. The molecule has 0 saturated carbocycles. The van der Waals surface area contributed by atoms with Crippen molar-refractivity contribution in [2.45, 2.75) is 19.3 Å². The average molecular weight is 140 g/mol. The zero-order valence-corrected chi connectivity index (χ0v) is 6.47. The first-order valence-electron chi connectivity index (χ1n) is 4.09. The molecule has 1 heterocycles. The molecule has 0 amide bonds. The molecule has 1 aliphatic rings. The first-order chi connectivity index (χ1) is 4.93. The van der Waals surface area contributed by atoms with Crippen LogP contribution in [0, 0.1) is 7.05 Å². The first-order valence-corrected chi connectivity index (χ1v) is 4.09. The van der Waals surface area contributed by atoms with Gasteiger partial charge in [-0.15, -0.1) is 0 Å². The van der Waals surface area contributed by atoms with Gasteiger partial charge in [-0.2, -0.15) is 0 Å². The minimum absolute atomic E-state index is 0.941. The molecule has 0 aromatic heterocycles. The largest absolute Gasteiger partial charge is 0.311 e. The summed E-state index contributed by atoms with van der Waals surface area (Å²) in [6.45, 7) is 4.75. The van der Waals surface area contributed by atoms with Crippen LogP contribution in [0.5, 0.6) is 0 Å². The number of hydrogen-bond acceptors (Lipinski definition) is 2. The Morgan fingerprint density at radius 1 is 1.30 bits per heavy atom. The predicted octanol–water partition coefficient (Wildman–Crippen LogP) is 0.730. The van der Waals surface area contributed by atoms with Crippen molar-refractivity contribution in [2.24, 2.45) is 0 Å². The molecule has 0 atom stereocenters. The third-order valence-corrected chi connectivity index (χ3v) is 1.99. The molecule has 0 aromatic rings. The summed E-state index contributed by atoms with van der Waals surface area (Å²) in [6.07, 6.45) is 3.95. The smallest absolute Gasteiger partial charge is 0.0407 e. The molecule has 1 N–H and O–H groups in total. The molecule has 0 unspecified atom stereocenters. The number of nitrogens with zero attached hydrogens (tertiary/aromatic N) is 1. The summed E-state index contributed by atoms with van der Waals surface area (Å²) in [5.41, 5.74) is 0. The first kappa shape index (κ1) is 8.02. The van der Waals surface area contributed by atoms with E-state index >= 15 is 0 Å². The Kier molecular flexibility index (Phi) is 3.76. The van der Waals surface area contributed by atoms with Crippen molar-refractivity contribution in [1.82, 2.24) is 10.2 Å². The van der Waals surface area contributed by atoms with Gasteiger partial charge >= 0.3 is 0 Å². The lowest BCUT2D eigenvalue weighted by atomic mass is 10.4. The fraction of sp³-hybridized carbons (Fsp3) is 0.875. The lowest BCUT2D eigenvalue weighted by Crippen LogP contribution is -2.22. The van der Waals surface area contributed by atoms with E-state index in [-0.39, 0.29) is 0 Å². The number of hydrogen-bond donors (Lipinski definition) is 1. The molecular weight excluding hydrogens is 124 g/mol. The van der Waals surface area contributed by atoms with E-state index in [0.717, 1.165) is 6.54 Å². The number of rotatable bonds is 4. The van der Waals surface area contributed by atoms with Gasteiger partial charge < -0.3 is 10.2 Å². The van der Waals surface area contributed by atoms with E-state index in [2.05, 4.69) is 10.2 Å². The van der Waals surface area contributed by atoms with Gasteiger partial charge in [0.25, 0.3) is 0 Å². The molecule has 0 bridgehead atoms. The van der Waals surface area contributed by atoms with E-state index in [4.69, 9.17) is 7.05 Å². The Labute approximate surface area is 63.6 Å². The van der Waals surface area contributed by atoms with Gasteiger partial charge in [0.2, 0.25) is 0 Å². The molecule has 2 heteroatoms. The summed E-state index contributed by atoms with van der Waals surface area (Å²) < 4.78 is 0. The van der Waals surface area contributed by atoms with Crippen LogP contribution in [0.1, 0.15) is 19.3 Å². The quantitative estimate of drug-likeness (QED) is 0.457. The highest BCUT2D eigenvalue weighted by atomic mass is 15.1. The highest BCUT2D eigenvalue weighted by molar-refractivity contribution is 4.65. The molecule has 0 aliphatic carbocycles. The Morgan fingerprint density at radius 2 is 2.00 bits per heavy atom. The van der Waals surface area contributed by atoms with Crippen LogP contribution in [0.25, 0.3) is 0 Å². The van der Waals surface area contributed by atoms with Crippen LogP contribution in [0.2, 0.25) is 0 Å². The lowest BCUT2D eigenvalue weighted by molar-refractivity contribution is 0.333. The molecule has 0 spiro atoms. The highest BCUT2D eigenvalue weighted by Gasteiger charge is 2.09. The molecule has 0 aromatic carbocycles. The van der Waals surface area contributed by atoms with E-state index < -0.39 is 0 Å². The van der Waals surface area contributed by atoms with Crippen molar-refractivity contribution in [2.75, 3.05) is 26.2 Å². The van der Waals surface area contributed by atoms with Crippen LogP contribution in [0.4, 0.5) is 0 Å². The van der Waals surface area contributed by atoms with Gasteiger partial charge in [0.1, 0.15) is 0 Å². The maximum atomic E-state index is 5.14. The summed E-state index contributed by atoms with van der Waals surface area (Å²) >= 11 is 0. The fourth-order valence-corrected chi connectivity index (χ4v) is 1.41. The summed E-state index contributed by atoms with van der Waals surface area (Å²) in [6, 6.07) is 0. The number of nitrogens with one attached hydrogen (secondary N) is 1. The molecular formula is C8H16N2. The second kappa shape index (κ2) is 4.69. The van der Waals surface area contributed by atoms with Gasteiger partial charge in [0, 0.05) is 7.05 Å². The van der Waals surface area contributed by atoms with Gasteiger partial charge in [-0.25, -0.2) is 0 Å². The zero-order valence-electron chi connectivity index (χ0n) is 6.47. The normalized spacial score (nSPS) is 20.1. The van der Waals surface area contributed by atoms with Gasteiger partial charge in [0.15, 0.2) is 0 Å². The van der Waals surface area contributed by atoms with Gasteiger partial charge in [-0.3, -0.25) is 0 Å². The Balaban J connectivity index is 1.91. The van der Waals surface area contributed by atoms with Crippen molar-refractivity contribution in [1.29, 1.82) is 0 Å². The average Bonchev–Trinajstić information content (AvgIpc) is 2.41. The van der Waals surface area contributed by atoms with E-state index in [1.165, 1.54) is 38.9 Å². The van der Waals surface area contributed by atoms with Crippen molar-refractivity contribution in [3.8, 4) is 0 Å². The standard InChI is InChI=1S/C8H16N2/c1-9-5-4-8-10-6-2-3-7-10/h1,9H,2-8H2. The lowest BCUT2D eigenvalue weighted by Gasteiger charge is -2.13. The summed E-state index contributed by atoms with van der Waals surface area (Å²) in [5.74, 6) is 0. The summed E-state index contributed by atoms with van der Waals surface area (Å²) in [4.78, 5) is 2.50. The van der Waals surface area contributed by atoms with E-state index in [9.17, 15) is 0 Å².